The Kier molecular flexibility index (Phi) is 2.82. The molecule has 0 bridgehead atoms. The molecule has 1 aliphatic heterocycles. The van der Waals surface area contributed by atoms with E-state index in [4.69, 9.17) is 9.72 Å². The van der Waals surface area contributed by atoms with Gasteiger partial charge in [0.25, 0.3) is 0 Å². The van der Waals surface area contributed by atoms with Crippen LogP contribution in [0.15, 0.2) is 24.3 Å². The van der Waals surface area contributed by atoms with Gasteiger partial charge in [-0.15, -0.1) is 0 Å². The molecule has 2 fully saturated rings. The quantitative estimate of drug-likeness (QED) is 0.866. The van der Waals surface area contributed by atoms with E-state index in [0.29, 0.717) is 0 Å². The molecule has 1 atom stereocenters. The van der Waals surface area contributed by atoms with Gasteiger partial charge in [-0.25, -0.2) is 4.98 Å². The Morgan fingerprint density at radius 2 is 2.10 bits per heavy atom. The van der Waals surface area contributed by atoms with E-state index < -0.39 is 0 Å². The molecule has 4 nitrogen and oxygen atoms in total. The Morgan fingerprint density at radius 1 is 1.30 bits per heavy atom. The van der Waals surface area contributed by atoms with Crippen LogP contribution in [-0.2, 0) is 11.8 Å². The molecule has 1 saturated heterocycles. The maximum Gasteiger partial charge on any atom is 0.140 e. The van der Waals surface area contributed by atoms with E-state index in [2.05, 4.69) is 35.1 Å². The highest BCUT2D eigenvalue weighted by atomic mass is 16.5. The molecule has 4 heteroatoms. The van der Waals surface area contributed by atoms with Gasteiger partial charge < -0.3 is 14.6 Å². The van der Waals surface area contributed by atoms with Crippen LogP contribution in [-0.4, -0.2) is 28.2 Å². The number of nitrogens with one attached hydrogen (secondary N) is 1. The maximum absolute atomic E-state index is 6.49. The second-order valence-corrected chi connectivity index (χ2v) is 6.15. The number of para-hydroxylation sites is 2. The minimum atomic E-state index is 0.0566. The molecule has 2 heterocycles. The highest BCUT2D eigenvalue weighted by Crippen LogP contribution is 2.39. The Bertz CT molecular complexity index is 628. The molecule has 0 radical (unpaired) electrons. The molecule has 2 aliphatic rings. The van der Waals surface area contributed by atoms with Crippen LogP contribution < -0.4 is 5.32 Å². The van der Waals surface area contributed by atoms with E-state index >= 15 is 0 Å². The fraction of sp³-hybridized carbons (Fsp3) is 0.562. The lowest BCUT2D eigenvalue weighted by Crippen LogP contribution is -2.49. The Hall–Kier alpha value is -1.39. The van der Waals surface area contributed by atoms with Crippen molar-refractivity contribution < 1.29 is 4.74 Å². The van der Waals surface area contributed by atoms with Crippen molar-refractivity contribution in [3.63, 3.8) is 0 Å². The molecule has 4 rings (SSSR count). The van der Waals surface area contributed by atoms with Crippen LogP contribution in [0.4, 0.5) is 0 Å². The third-order valence-electron chi connectivity index (χ3n) is 4.79. The number of morpholine rings is 1. The van der Waals surface area contributed by atoms with Gasteiger partial charge in [0.1, 0.15) is 11.9 Å². The van der Waals surface area contributed by atoms with Crippen LogP contribution in [0, 0.1) is 0 Å². The first-order valence-corrected chi connectivity index (χ1v) is 7.57. The zero-order chi connectivity index (χ0) is 13.6. The highest BCUT2D eigenvalue weighted by Gasteiger charge is 2.41. The van der Waals surface area contributed by atoms with Crippen molar-refractivity contribution in [1.82, 2.24) is 14.9 Å². The summed E-state index contributed by atoms with van der Waals surface area (Å²) in [7, 11) is 2.09. The van der Waals surface area contributed by atoms with Crippen LogP contribution in [0.5, 0.6) is 0 Å². The second kappa shape index (κ2) is 4.57. The SMILES string of the molecule is Cn1c(C2CNCC3(CCCC3)O2)nc2ccccc21. The van der Waals surface area contributed by atoms with Gasteiger partial charge in [-0.2, -0.15) is 0 Å². The molecular formula is C16H21N3O. The maximum atomic E-state index is 6.49. The molecule has 0 amide bonds. The Labute approximate surface area is 119 Å². The summed E-state index contributed by atoms with van der Waals surface area (Å²) in [5.41, 5.74) is 2.29. The monoisotopic (exact) mass is 271 g/mol. The molecule has 1 spiro atoms. The number of rotatable bonds is 1. The van der Waals surface area contributed by atoms with Gasteiger partial charge in [0, 0.05) is 20.1 Å². The standard InChI is InChI=1S/C16H21N3O/c1-19-13-7-3-2-6-12(13)18-15(19)14-10-17-11-16(20-14)8-4-5-9-16/h2-3,6-7,14,17H,4-5,8-11H2,1H3. The van der Waals surface area contributed by atoms with E-state index in [-0.39, 0.29) is 11.7 Å². The normalized spacial score (nSPS) is 25.6. The molecule has 1 saturated carbocycles. The summed E-state index contributed by atoms with van der Waals surface area (Å²) in [5, 5.41) is 3.56. The summed E-state index contributed by atoms with van der Waals surface area (Å²) in [4.78, 5) is 4.79. The number of fused-ring (bicyclic) bond motifs is 1. The molecule has 1 aromatic heterocycles. The van der Waals surface area contributed by atoms with Crippen molar-refractivity contribution in [1.29, 1.82) is 0 Å². The molecule has 106 valence electrons. The van der Waals surface area contributed by atoms with Gasteiger partial charge in [-0.3, -0.25) is 0 Å². The van der Waals surface area contributed by atoms with Crippen molar-refractivity contribution in [2.75, 3.05) is 13.1 Å². The fourth-order valence-corrected chi connectivity index (χ4v) is 3.73. The Morgan fingerprint density at radius 3 is 2.90 bits per heavy atom. The van der Waals surface area contributed by atoms with Gasteiger partial charge in [-0.05, 0) is 25.0 Å². The van der Waals surface area contributed by atoms with Crippen LogP contribution >= 0.6 is 0 Å². The van der Waals surface area contributed by atoms with Crippen molar-refractivity contribution in [3.8, 4) is 0 Å². The van der Waals surface area contributed by atoms with Gasteiger partial charge in [0.05, 0.1) is 16.6 Å². The largest absolute Gasteiger partial charge is 0.361 e. The summed E-state index contributed by atoms with van der Waals surface area (Å²) in [6.07, 6.45) is 5.01. The van der Waals surface area contributed by atoms with Gasteiger partial charge >= 0.3 is 0 Å². The number of ether oxygens (including phenoxy) is 1. The zero-order valence-corrected chi connectivity index (χ0v) is 11.9. The molecule has 1 aromatic carbocycles. The number of hydrogen-bond donors (Lipinski definition) is 1. The first-order chi connectivity index (χ1) is 9.77. The molecule has 1 unspecified atom stereocenters. The lowest BCUT2D eigenvalue weighted by Gasteiger charge is -2.38. The number of nitrogens with zero attached hydrogens (tertiary/aromatic N) is 2. The second-order valence-electron chi connectivity index (χ2n) is 6.15. The number of imidazole rings is 1. The van der Waals surface area contributed by atoms with Gasteiger partial charge in [-0.1, -0.05) is 25.0 Å². The average molecular weight is 271 g/mol. The van der Waals surface area contributed by atoms with Crippen LogP contribution in [0.2, 0.25) is 0 Å². The molecule has 1 N–H and O–H groups in total. The van der Waals surface area contributed by atoms with Gasteiger partial charge in [0.2, 0.25) is 0 Å². The summed E-state index contributed by atoms with van der Waals surface area (Å²) in [6, 6.07) is 8.29. The minimum absolute atomic E-state index is 0.0566. The first-order valence-electron chi connectivity index (χ1n) is 7.57. The van der Waals surface area contributed by atoms with E-state index in [1.54, 1.807) is 0 Å². The van der Waals surface area contributed by atoms with E-state index in [0.717, 1.165) is 24.4 Å². The predicted octanol–water partition coefficient (Wildman–Crippen LogP) is 2.55. The lowest BCUT2D eigenvalue weighted by molar-refractivity contribution is -0.118. The predicted molar refractivity (Wildman–Crippen MR) is 78.6 cm³/mol. The van der Waals surface area contributed by atoms with Gasteiger partial charge in [0.15, 0.2) is 0 Å². The van der Waals surface area contributed by atoms with Crippen molar-refractivity contribution in [3.05, 3.63) is 30.1 Å². The Balaban J connectivity index is 1.70. The first kappa shape index (κ1) is 12.4. The summed E-state index contributed by atoms with van der Waals surface area (Å²) < 4.78 is 8.66. The number of hydrogen-bond acceptors (Lipinski definition) is 3. The smallest absolute Gasteiger partial charge is 0.140 e. The third-order valence-corrected chi connectivity index (χ3v) is 4.79. The van der Waals surface area contributed by atoms with Crippen LogP contribution in [0.3, 0.4) is 0 Å². The van der Waals surface area contributed by atoms with E-state index in [1.807, 2.05) is 6.07 Å². The minimum Gasteiger partial charge on any atom is -0.361 e. The zero-order valence-electron chi connectivity index (χ0n) is 11.9. The summed E-state index contributed by atoms with van der Waals surface area (Å²) in [5.74, 6) is 1.05. The number of aryl methyl sites for hydroxylation is 1. The van der Waals surface area contributed by atoms with Crippen LogP contribution in [0.25, 0.3) is 11.0 Å². The topological polar surface area (TPSA) is 39.1 Å². The van der Waals surface area contributed by atoms with Crippen molar-refractivity contribution in [2.24, 2.45) is 7.05 Å². The summed E-state index contributed by atoms with van der Waals surface area (Å²) in [6.45, 7) is 1.85. The van der Waals surface area contributed by atoms with E-state index in [1.165, 1.54) is 31.2 Å². The number of aromatic nitrogens is 2. The third kappa shape index (κ3) is 1.86. The van der Waals surface area contributed by atoms with Crippen molar-refractivity contribution >= 4 is 11.0 Å². The fourth-order valence-electron chi connectivity index (χ4n) is 3.73. The molecule has 2 aromatic rings. The van der Waals surface area contributed by atoms with E-state index in [9.17, 15) is 0 Å². The average Bonchev–Trinajstić information content (AvgIpc) is 3.05. The van der Waals surface area contributed by atoms with Crippen LogP contribution in [0.1, 0.15) is 37.6 Å². The van der Waals surface area contributed by atoms with Crippen molar-refractivity contribution in [2.45, 2.75) is 37.4 Å². The molecular weight excluding hydrogens is 250 g/mol. The summed E-state index contributed by atoms with van der Waals surface area (Å²) >= 11 is 0. The highest BCUT2D eigenvalue weighted by molar-refractivity contribution is 5.75. The molecule has 1 aliphatic carbocycles. The molecule has 20 heavy (non-hydrogen) atoms. The number of benzene rings is 1. The lowest BCUT2D eigenvalue weighted by atomic mass is 9.99.